The second-order valence-corrected chi connectivity index (χ2v) is 8.20. The van der Waals surface area contributed by atoms with Crippen LogP contribution in [0.1, 0.15) is 49.9 Å². The van der Waals surface area contributed by atoms with Crippen molar-refractivity contribution in [3.05, 3.63) is 66.6 Å². The van der Waals surface area contributed by atoms with Crippen molar-refractivity contribution in [3.8, 4) is 11.5 Å². The van der Waals surface area contributed by atoms with Crippen molar-refractivity contribution in [2.24, 2.45) is 0 Å². The zero-order chi connectivity index (χ0) is 20.9. The summed E-state index contributed by atoms with van der Waals surface area (Å²) in [6.45, 7) is 6.32. The number of amides is 1. The summed E-state index contributed by atoms with van der Waals surface area (Å²) < 4.78 is 3.75. The van der Waals surface area contributed by atoms with Gasteiger partial charge in [-0.3, -0.25) is 9.69 Å². The van der Waals surface area contributed by atoms with E-state index in [0.717, 1.165) is 24.5 Å². The van der Waals surface area contributed by atoms with E-state index in [1.165, 1.54) is 19.3 Å². The Hall–Kier alpha value is -2.86. The molecule has 1 N–H and O–H groups in total. The molecule has 3 aromatic rings. The molecule has 30 heavy (non-hydrogen) atoms. The van der Waals surface area contributed by atoms with Gasteiger partial charge in [0.25, 0.3) is 5.91 Å². The highest BCUT2D eigenvalue weighted by Crippen LogP contribution is 2.22. The van der Waals surface area contributed by atoms with Crippen LogP contribution in [-0.4, -0.2) is 50.3 Å². The Balaban J connectivity index is 1.45. The van der Waals surface area contributed by atoms with Crippen molar-refractivity contribution in [1.29, 1.82) is 0 Å². The van der Waals surface area contributed by atoms with Crippen molar-refractivity contribution in [3.63, 3.8) is 0 Å². The fourth-order valence-electron chi connectivity index (χ4n) is 4.46. The van der Waals surface area contributed by atoms with Gasteiger partial charge in [-0.2, -0.15) is 5.10 Å². The van der Waals surface area contributed by atoms with Gasteiger partial charge in [0.15, 0.2) is 5.82 Å². The van der Waals surface area contributed by atoms with Crippen LogP contribution in [0, 0.1) is 0 Å². The molecule has 1 saturated heterocycles. The van der Waals surface area contributed by atoms with Gasteiger partial charge in [0, 0.05) is 37.6 Å². The average Bonchev–Trinajstić information content (AvgIpc) is 3.43. The van der Waals surface area contributed by atoms with Crippen molar-refractivity contribution in [2.45, 2.75) is 51.6 Å². The molecule has 158 valence electrons. The van der Waals surface area contributed by atoms with Crippen molar-refractivity contribution >= 4 is 5.91 Å². The van der Waals surface area contributed by atoms with E-state index in [1.54, 1.807) is 6.20 Å². The highest BCUT2D eigenvalue weighted by molar-refractivity contribution is 5.97. The minimum atomic E-state index is -0.0828. The van der Waals surface area contributed by atoms with Crippen molar-refractivity contribution < 1.29 is 4.79 Å². The predicted molar refractivity (Wildman–Crippen MR) is 119 cm³/mol. The van der Waals surface area contributed by atoms with Gasteiger partial charge in [-0.05, 0) is 57.4 Å². The van der Waals surface area contributed by atoms with E-state index in [-0.39, 0.29) is 5.91 Å². The maximum atomic E-state index is 13.0. The van der Waals surface area contributed by atoms with Crippen LogP contribution in [0.3, 0.4) is 0 Å². The van der Waals surface area contributed by atoms with Crippen LogP contribution in [0.4, 0.5) is 0 Å². The molecule has 0 aliphatic carbocycles. The molecule has 1 amide bonds. The Kier molecular flexibility index (Phi) is 6.33. The summed E-state index contributed by atoms with van der Waals surface area (Å²) >= 11 is 0. The molecule has 0 spiro atoms. The highest BCUT2D eigenvalue weighted by atomic mass is 16.1. The first-order valence-corrected chi connectivity index (χ1v) is 11.0. The molecule has 2 atom stereocenters. The molecule has 2 aromatic heterocycles. The average molecular weight is 406 g/mol. The fourth-order valence-corrected chi connectivity index (χ4v) is 4.46. The first-order chi connectivity index (χ1) is 14.6. The monoisotopic (exact) mass is 405 g/mol. The summed E-state index contributed by atoms with van der Waals surface area (Å²) in [5.74, 6) is 0.669. The van der Waals surface area contributed by atoms with Gasteiger partial charge in [-0.1, -0.05) is 24.6 Å². The maximum Gasteiger partial charge on any atom is 0.256 e. The Labute approximate surface area is 178 Å². The zero-order valence-corrected chi connectivity index (χ0v) is 17.9. The molecule has 1 aliphatic rings. The van der Waals surface area contributed by atoms with Crippen LogP contribution in [-0.2, 0) is 0 Å². The standard InChI is InChI=1S/C24H31N5O/c1-19-10-8-11-20(2)28(19)17-9-14-25-23(30)22-18-26-29(21-12-4-3-5-13-21)24(22)27-15-6-7-16-27/h3-7,12-13,15-16,18-20H,8-11,14,17H2,1-2H3,(H,25,30). The topological polar surface area (TPSA) is 55.1 Å². The van der Waals surface area contributed by atoms with Gasteiger partial charge in [0.2, 0.25) is 0 Å². The number of para-hydroxylation sites is 1. The first kappa shape index (κ1) is 20.4. The van der Waals surface area contributed by atoms with Crippen LogP contribution in [0.25, 0.3) is 11.5 Å². The van der Waals surface area contributed by atoms with Crippen LogP contribution < -0.4 is 5.32 Å². The van der Waals surface area contributed by atoms with E-state index in [2.05, 4.69) is 29.2 Å². The van der Waals surface area contributed by atoms with E-state index in [0.29, 0.717) is 24.2 Å². The third-order valence-corrected chi connectivity index (χ3v) is 6.09. The lowest BCUT2D eigenvalue weighted by Crippen LogP contribution is -2.44. The molecule has 0 bridgehead atoms. The highest BCUT2D eigenvalue weighted by Gasteiger charge is 2.24. The largest absolute Gasteiger partial charge is 0.352 e. The number of aromatic nitrogens is 3. The van der Waals surface area contributed by atoms with E-state index < -0.39 is 0 Å². The lowest BCUT2D eigenvalue weighted by atomic mass is 9.97. The van der Waals surface area contributed by atoms with E-state index >= 15 is 0 Å². The SMILES string of the molecule is CC1CCCC(C)N1CCCNC(=O)c1cnn(-c2ccccc2)c1-n1cccc1. The minimum absolute atomic E-state index is 0.0828. The van der Waals surface area contributed by atoms with E-state index in [4.69, 9.17) is 0 Å². The summed E-state index contributed by atoms with van der Waals surface area (Å²) in [6.07, 6.45) is 10.4. The number of nitrogens with one attached hydrogen (secondary N) is 1. The Bertz CT molecular complexity index is 937. The van der Waals surface area contributed by atoms with Crippen LogP contribution in [0.15, 0.2) is 61.1 Å². The number of hydrogen-bond donors (Lipinski definition) is 1. The van der Waals surface area contributed by atoms with Crippen LogP contribution >= 0.6 is 0 Å². The molecular formula is C24H31N5O. The third kappa shape index (κ3) is 4.33. The Morgan fingerprint density at radius 3 is 2.47 bits per heavy atom. The number of benzene rings is 1. The molecule has 6 nitrogen and oxygen atoms in total. The summed E-state index contributed by atoms with van der Waals surface area (Å²) in [4.78, 5) is 15.6. The number of nitrogens with zero attached hydrogens (tertiary/aromatic N) is 4. The van der Waals surface area contributed by atoms with E-state index in [9.17, 15) is 4.79 Å². The Morgan fingerprint density at radius 1 is 1.07 bits per heavy atom. The number of hydrogen-bond acceptors (Lipinski definition) is 3. The molecule has 4 rings (SSSR count). The maximum absolute atomic E-state index is 13.0. The van der Waals surface area contributed by atoms with Gasteiger partial charge >= 0.3 is 0 Å². The number of carbonyl (C=O) groups is 1. The van der Waals surface area contributed by atoms with Crippen LogP contribution in [0.2, 0.25) is 0 Å². The second-order valence-electron chi connectivity index (χ2n) is 8.20. The predicted octanol–water partition coefficient (Wildman–Crippen LogP) is 4.05. The molecule has 0 radical (unpaired) electrons. The van der Waals surface area contributed by atoms with Gasteiger partial charge in [0.1, 0.15) is 5.56 Å². The van der Waals surface area contributed by atoms with E-state index in [1.807, 2.05) is 64.1 Å². The van der Waals surface area contributed by atoms with Gasteiger partial charge < -0.3 is 9.88 Å². The normalized spacial score (nSPS) is 19.7. The number of rotatable bonds is 7. The summed E-state index contributed by atoms with van der Waals surface area (Å²) in [5, 5.41) is 7.61. The minimum Gasteiger partial charge on any atom is -0.352 e. The molecule has 1 aliphatic heterocycles. The molecular weight excluding hydrogens is 374 g/mol. The molecule has 2 unspecified atom stereocenters. The lowest BCUT2D eigenvalue weighted by molar-refractivity contribution is 0.0925. The second kappa shape index (κ2) is 9.30. The van der Waals surface area contributed by atoms with Crippen LogP contribution in [0.5, 0.6) is 0 Å². The summed E-state index contributed by atoms with van der Waals surface area (Å²) in [7, 11) is 0. The number of likely N-dealkylation sites (tertiary alicyclic amines) is 1. The zero-order valence-electron chi connectivity index (χ0n) is 17.9. The third-order valence-electron chi connectivity index (χ3n) is 6.09. The molecule has 1 fully saturated rings. The summed E-state index contributed by atoms with van der Waals surface area (Å²) in [5.41, 5.74) is 1.50. The molecule has 1 aromatic carbocycles. The quantitative estimate of drug-likeness (QED) is 0.604. The van der Waals surface area contributed by atoms with Gasteiger partial charge in [-0.15, -0.1) is 0 Å². The first-order valence-electron chi connectivity index (χ1n) is 11.0. The van der Waals surface area contributed by atoms with Crippen molar-refractivity contribution in [2.75, 3.05) is 13.1 Å². The van der Waals surface area contributed by atoms with Gasteiger partial charge in [-0.25, -0.2) is 4.68 Å². The molecule has 6 heteroatoms. The molecule has 0 saturated carbocycles. The van der Waals surface area contributed by atoms with Gasteiger partial charge in [0.05, 0.1) is 11.9 Å². The molecule has 3 heterocycles. The smallest absolute Gasteiger partial charge is 0.256 e. The number of carbonyl (C=O) groups excluding carboxylic acids is 1. The summed E-state index contributed by atoms with van der Waals surface area (Å²) in [6, 6.07) is 15.1. The Morgan fingerprint density at radius 2 is 1.77 bits per heavy atom. The van der Waals surface area contributed by atoms with Crippen molar-refractivity contribution in [1.82, 2.24) is 24.6 Å². The fraction of sp³-hybridized carbons (Fsp3) is 0.417. The number of piperidine rings is 1. The lowest BCUT2D eigenvalue weighted by Gasteiger charge is -2.39.